The molecule has 0 bridgehead atoms. The summed E-state index contributed by atoms with van der Waals surface area (Å²) >= 11 is 1.48. The Kier molecular flexibility index (Phi) is 3.98. The van der Waals surface area contributed by atoms with Gasteiger partial charge >= 0.3 is 0 Å². The van der Waals surface area contributed by atoms with Gasteiger partial charge in [-0.25, -0.2) is 4.98 Å². The maximum Gasteiger partial charge on any atom is 0.271 e. The lowest BCUT2D eigenvalue weighted by molar-refractivity contribution is 0.746. The summed E-state index contributed by atoms with van der Waals surface area (Å²) in [6, 6.07) is 16.3. The van der Waals surface area contributed by atoms with Gasteiger partial charge < -0.3 is 0 Å². The zero-order chi connectivity index (χ0) is 17.4. The molecule has 0 atom stereocenters. The second kappa shape index (κ2) is 6.30. The molecule has 0 amide bonds. The molecule has 0 N–H and O–H groups in total. The monoisotopic (exact) mass is 346 g/mol. The predicted molar refractivity (Wildman–Crippen MR) is 104 cm³/mol. The number of fused-ring (bicyclic) bond motifs is 1. The summed E-state index contributed by atoms with van der Waals surface area (Å²) < 4.78 is 2.41. The fourth-order valence-corrected chi connectivity index (χ4v) is 4.06. The third-order valence-corrected chi connectivity index (χ3v) is 5.54. The highest BCUT2D eigenvalue weighted by Crippen LogP contribution is 2.32. The summed E-state index contributed by atoms with van der Waals surface area (Å²) in [6.45, 7) is 4.69. The first-order valence-corrected chi connectivity index (χ1v) is 9.10. The van der Waals surface area contributed by atoms with Crippen LogP contribution < -0.4 is 5.56 Å². The van der Waals surface area contributed by atoms with Gasteiger partial charge in [0.25, 0.3) is 5.56 Å². The van der Waals surface area contributed by atoms with E-state index in [1.807, 2.05) is 29.6 Å². The Bertz CT molecular complexity index is 1120. The first-order chi connectivity index (χ1) is 12.1. The number of aromatic nitrogens is 2. The van der Waals surface area contributed by atoms with E-state index in [1.165, 1.54) is 22.5 Å². The molecule has 3 nitrogen and oxygen atoms in total. The van der Waals surface area contributed by atoms with Crippen LogP contribution in [0.1, 0.15) is 16.7 Å². The van der Waals surface area contributed by atoms with Gasteiger partial charge in [-0.3, -0.25) is 9.36 Å². The summed E-state index contributed by atoms with van der Waals surface area (Å²) in [6.07, 6.45) is 1.67. The standard InChI is InChI=1S/C21H18N2OS/c1-14-7-3-5-9-16(14)11-23-13-22-19-18(12-25-20(19)21(23)24)17-10-6-4-8-15(17)2/h3-10,12-13H,11H2,1-2H3. The third kappa shape index (κ3) is 2.79. The van der Waals surface area contributed by atoms with Crippen molar-refractivity contribution >= 4 is 21.6 Å². The lowest BCUT2D eigenvalue weighted by Crippen LogP contribution is -2.20. The van der Waals surface area contributed by atoms with E-state index in [9.17, 15) is 4.79 Å². The maximum absolute atomic E-state index is 12.9. The minimum atomic E-state index is 0.0260. The molecule has 0 aliphatic rings. The van der Waals surface area contributed by atoms with Gasteiger partial charge in [0, 0.05) is 10.9 Å². The van der Waals surface area contributed by atoms with E-state index in [0.29, 0.717) is 11.2 Å². The number of hydrogen-bond acceptors (Lipinski definition) is 3. The van der Waals surface area contributed by atoms with Crippen LogP contribution in [0.5, 0.6) is 0 Å². The van der Waals surface area contributed by atoms with Crippen LogP contribution in [0.3, 0.4) is 0 Å². The summed E-state index contributed by atoms with van der Waals surface area (Å²) in [5.41, 5.74) is 6.51. The average Bonchev–Trinajstić information content (AvgIpc) is 3.04. The summed E-state index contributed by atoms with van der Waals surface area (Å²) in [7, 11) is 0. The molecule has 2 heterocycles. The Balaban J connectivity index is 1.82. The molecule has 0 aliphatic heterocycles. The molecule has 0 saturated carbocycles. The first-order valence-electron chi connectivity index (χ1n) is 8.22. The van der Waals surface area contributed by atoms with E-state index in [4.69, 9.17) is 0 Å². The SMILES string of the molecule is Cc1ccccc1Cn1cnc2c(-c3ccccc3C)csc2c1=O. The Morgan fingerprint density at radius 3 is 2.44 bits per heavy atom. The van der Waals surface area contributed by atoms with Gasteiger partial charge in [-0.2, -0.15) is 0 Å². The largest absolute Gasteiger partial charge is 0.294 e. The second-order valence-electron chi connectivity index (χ2n) is 6.25. The van der Waals surface area contributed by atoms with E-state index in [2.05, 4.69) is 43.1 Å². The molecular formula is C21H18N2OS. The van der Waals surface area contributed by atoms with Crippen molar-refractivity contribution in [3.05, 3.63) is 87.3 Å². The molecule has 0 fully saturated rings. The number of hydrogen-bond donors (Lipinski definition) is 0. The topological polar surface area (TPSA) is 34.9 Å². The molecule has 0 spiro atoms. The van der Waals surface area contributed by atoms with Crippen LogP contribution in [-0.2, 0) is 6.54 Å². The van der Waals surface area contributed by atoms with Crippen molar-refractivity contribution in [2.75, 3.05) is 0 Å². The number of rotatable bonds is 3. The fraction of sp³-hybridized carbons (Fsp3) is 0.143. The van der Waals surface area contributed by atoms with Crippen molar-refractivity contribution in [3.8, 4) is 11.1 Å². The highest BCUT2D eigenvalue weighted by atomic mass is 32.1. The van der Waals surface area contributed by atoms with E-state index >= 15 is 0 Å². The fourth-order valence-electron chi connectivity index (χ4n) is 3.09. The van der Waals surface area contributed by atoms with Crippen molar-refractivity contribution in [3.63, 3.8) is 0 Å². The molecular weight excluding hydrogens is 328 g/mol. The van der Waals surface area contributed by atoms with Gasteiger partial charge in [-0.1, -0.05) is 48.5 Å². The predicted octanol–water partition coefficient (Wildman–Crippen LogP) is 4.79. The Morgan fingerprint density at radius 2 is 1.68 bits per heavy atom. The number of thiophene rings is 1. The van der Waals surface area contributed by atoms with Crippen LogP contribution in [0, 0.1) is 13.8 Å². The van der Waals surface area contributed by atoms with Crippen LogP contribution >= 0.6 is 11.3 Å². The summed E-state index contributed by atoms with van der Waals surface area (Å²) in [5, 5.41) is 2.04. The van der Waals surface area contributed by atoms with Crippen LogP contribution in [-0.4, -0.2) is 9.55 Å². The van der Waals surface area contributed by atoms with Crippen molar-refractivity contribution in [2.45, 2.75) is 20.4 Å². The lowest BCUT2D eigenvalue weighted by atomic mass is 10.0. The number of aryl methyl sites for hydroxylation is 2. The van der Waals surface area contributed by atoms with Crippen molar-refractivity contribution in [1.29, 1.82) is 0 Å². The highest BCUT2D eigenvalue weighted by Gasteiger charge is 2.14. The average molecular weight is 346 g/mol. The zero-order valence-corrected chi connectivity index (χ0v) is 15.0. The minimum absolute atomic E-state index is 0.0260. The molecule has 2 aromatic heterocycles. The first kappa shape index (κ1) is 15.8. The minimum Gasteiger partial charge on any atom is -0.294 e. The molecule has 0 unspecified atom stereocenters. The second-order valence-corrected chi connectivity index (χ2v) is 7.13. The van der Waals surface area contributed by atoms with E-state index in [1.54, 1.807) is 10.9 Å². The highest BCUT2D eigenvalue weighted by molar-refractivity contribution is 7.17. The van der Waals surface area contributed by atoms with E-state index in [-0.39, 0.29) is 5.56 Å². The summed E-state index contributed by atoms with van der Waals surface area (Å²) in [4.78, 5) is 17.5. The molecule has 4 rings (SSSR count). The molecule has 4 aromatic rings. The van der Waals surface area contributed by atoms with Crippen LogP contribution in [0.2, 0.25) is 0 Å². The number of benzene rings is 2. The van der Waals surface area contributed by atoms with Crippen LogP contribution in [0.4, 0.5) is 0 Å². The summed E-state index contributed by atoms with van der Waals surface area (Å²) in [5.74, 6) is 0. The van der Waals surface area contributed by atoms with Gasteiger partial charge in [-0.15, -0.1) is 11.3 Å². The molecule has 2 aromatic carbocycles. The Hall–Kier alpha value is -2.72. The third-order valence-electron chi connectivity index (χ3n) is 4.58. The van der Waals surface area contributed by atoms with Gasteiger partial charge in [-0.05, 0) is 36.1 Å². The number of nitrogens with zero attached hydrogens (tertiary/aromatic N) is 2. The van der Waals surface area contributed by atoms with Crippen molar-refractivity contribution in [2.24, 2.45) is 0 Å². The molecule has 25 heavy (non-hydrogen) atoms. The zero-order valence-electron chi connectivity index (χ0n) is 14.2. The van der Waals surface area contributed by atoms with Crippen LogP contribution in [0.15, 0.2) is 65.0 Å². The van der Waals surface area contributed by atoms with Crippen LogP contribution in [0.25, 0.3) is 21.3 Å². The van der Waals surface area contributed by atoms with Gasteiger partial charge in [0.05, 0.1) is 18.4 Å². The quantitative estimate of drug-likeness (QED) is 0.534. The lowest BCUT2D eigenvalue weighted by Gasteiger charge is -2.08. The van der Waals surface area contributed by atoms with Gasteiger partial charge in [0.15, 0.2) is 0 Å². The van der Waals surface area contributed by atoms with Crippen molar-refractivity contribution < 1.29 is 0 Å². The van der Waals surface area contributed by atoms with E-state index < -0.39 is 0 Å². The molecule has 0 aliphatic carbocycles. The Labute approximate surface area is 150 Å². The molecule has 124 valence electrons. The van der Waals surface area contributed by atoms with Gasteiger partial charge in [0.2, 0.25) is 0 Å². The van der Waals surface area contributed by atoms with E-state index in [0.717, 1.165) is 22.2 Å². The Morgan fingerprint density at radius 1 is 0.960 bits per heavy atom. The van der Waals surface area contributed by atoms with Gasteiger partial charge in [0.1, 0.15) is 4.70 Å². The molecule has 0 saturated heterocycles. The molecule has 0 radical (unpaired) electrons. The smallest absolute Gasteiger partial charge is 0.271 e. The maximum atomic E-state index is 12.9. The normalized spacial score (nSPS) is 11.1. The van der Waals surface area contributed by atoms with Crippen molar-refractivity contribution in [1.82, 2.24) is 9.55 Å². The molecule has 4 heteroatoms.